The number of ether oxygens (including phenoxy) is 2. The van der Waals surface area contributed by atoms with Crippen molar-refractivity contribution in [1.29, 1.82) is 0 Å². The van der Waals surface area contributed by atoms with Crippen molar-refractivity contribution in [2.24, 2.45) is 0 Å². The van der Waals surface area contributed by atoms with E-state index >= 15 is 0 Å². The van der Waals surface area contributed by atoms with Crippen LogP contribution in [-0.2, 0) is 24.3 Å². The van der Waals surface area contributed by atoms with Gasteiger partial charge in [0.2, 0.25) is 5.91 Å². The Morgan fingerprint density at radius 2 is 1.80 bits per heavy atom. The second-order valence-electron chi connectivity index (χ2n) is 7.95. The molecule has 0 spiro atoms. The second-order valence-corrected chi connectivity index (χ2v) is 8.36. The molecule has 7 heteroatoms. The van der Waals surface area contributed by atoms with Gasteiger partial charge in [-0.25, -0.2) is 0 Å². The Balaban J connectivity index is 1.30. The van der Waals surface area contributed by atoms with Crippen LogP contribution in [0.25, 0.3) is 0 Å². The third-order valence-corrected chi connectivity index (χ3v) is 5.79. The van der Waals surface area contributed by atoms with E-state index in [1.54, 1.807) is 6.07 Å². The van der Waals surface area contributed by atoms with E-state index in [-0.39, 0.29) is 12.3 Å². The molecule has 1 fully saturated rings. The van der Waals surface area contributed by atoms with Crippen LogP contribution >= 0.6 is 11.6 Å². The van der Waals surface area contributed by atoms with Gasteiger partial charge in [0, 0.05) is 39.3 Å². The lowest BCUT2D eigenvalue weighted by Crippen LogP contribution is -2.43. The molecule has 2 aromatic carbocycles. The second kappa shape index (κ2) is 9.69. The number of likely N-dealkylation sites (N-methyl/N-ethyl adjacent to an activating group) is 1. The van der Waals surface area contributed by atoms with Crippen LogP contribution in [-0.4, -0.2) is 62.1 Å². The van der Waals surface area contributed by atoms with Crippen LogP contribution in [0.15, 0.2) is 36.4 Å². The van der Waals surface area contributed by atoms with Crippen molar-refractivity contribution in [3.8, 4) is 11.5 Å². The number of rotatable bonds is 6. The van der Waals surface area contributed by atoms with Gasteiger partial charge in [-0.1, -0.05) is 35.9 Å². The molecule has 2 aliphatic heterocycles. The van der Waals surface area contributed by atoms with E-state index in [1.165, 1.54) is 5.56 Å². The molecule has 0 unspecified atom stereocenters. The van der Waals surface area contributed by atoms with Crippen LogP contribution in [0.4, 0.5) is 0 Å². The number of fused-ring (bicyclic) bond motifs is 1. The van der Waals surface area contributed by atoms with Crippen LogP contribution in [0.1, 0.15) is 16.7 Å². The molecule has 6 nitrogen and oxygen atoms in total. The van der Waals surface area contributed by atoms with Gasteiger partial charge in [-0.15, -0.1) is 0 Å². The first-order valence-corrected chi connectivity index (χ1v) is 10.8. The monoisotopic (exact) mass is 429 g/mol. The van der Waals surface area contributed by atoms with Gasteiger partial charge in [-0.3, -0.25) is 9.69 Å². The quantitative estimate of drug-likeness (QED) is 0.765. The Morgan fingerprint density at radius 3 is 2.63 bits per heavy atom. The maximum atomic E-state index is 12.5. The molecule has 2 aromatic rings. The number of benzene rings is 2. The molecule has 2 heterocycles. The smallest absolute Gasteiger partial charge is 0.224 e. The summed E-state index contributed by atoms with van der Waals surface area (Å²) in [6.07, 6.45) is 0.247. The number of carbonyl (C=O) groups excluding carboxylic acids is 1. The van der Waals surface area contributed by atoms with E-state index in [0.29, 0.717) is 36.3 Å². The van der Waals surface area contributed by atoms with Gasteiger partial charge in [0.25, 0.3) is 0 Å². The Labute approximate surface area is 182 Å². The van der Waals surface area contributed by atoms with Gasteiger partial charge in [0.1, 0.15) is 13.2 Å². The minimum Gasteiger partial charge on any atom is -0.486 e. The molecule has 30 heavy (non-hydrogen) atoms. The van der Waals surface area contributed by atoms with Crippen molar-refractivity contribution in [3.05, 3.63) is 58.1 Å². The Kier molecular flexibility index (Phi) is 6.77. The summed E-state index contributed by atoms with van der Waals surface area (Å²) in [5, 5.41) is 3.49. The van der Waals surface area contributed by atoms with Gasteiger partial charge in [0.15, 0.2) is 11.5 Å². The first-order valence-electron chi connectivity index (χ1n) is 10.4. The lowest BCUT2D eigenvalue weighted by atomic mass is 10.1. The molecule has 2 aliphatic rings. The van der Waals surface area contributed by atoms with Gasteiger partial charge < -0.3 is 19.7 Å². The fourth-order valence-corrected chi connectivity index (χ4v) is 4.10. The molecule has 0 bridgehead atoms. The third kappa shape index (κ3) is 5.45. The SMILES string of the molecule is CN1CCN(Cc2cccc(CNC(=O)Cc3cc(Cl)c4c(c3)OCCO4)c2)CC1. The molecule has 1 saturated heterocycles. The van der Waals surface area contributed by atoms with E-state index < -0.39 is 0 Å². The van der Waals surface area contributed by atoms with Gasteiger partial charge in [-0.05, 0) is 35.9 Å². The normalized spacial score (nSPS) is 17.0. The largest absolute Gasteiger partial charge is 0.486 e. The van der Waals surface area contributed by atoms with E-state index in [2.05, 4.69) is 46.4 Å². The molecule has 160 valence electrons. The number of hydrogen-bond donors (Lipinski definition) is 1. The van der Waals surface area contributed by atoms with E-state index in [9.17, 15) is 4.79 Å². The maximum absolute atomic E-state index is 12.5. The van der Waals surface area contributed by atoms with E-state index in [0.717, 1.165) is 43.9 Å². The van der Waals surface area contributed by atoms with Gasteiger partial charge in [-0.2, -0.15) is 0 Å². The van der Waals surface area contributed by atoms with E-state index in [1.807, 2.05) is 6.07 Å². The minimum atomic E-state index is -0.0489. The molecule has 0 saturated carbocycles. The van der Waals surface area contributed by atoms with Gasteiger partial charge >= 0.3 is 0 Å². The number of amides is 1. The van der Waals surface area contributed by atoms with Gasteiger partial charge in [0.05, 0.1) is 11.4 Å². The molecule has 1 N–H and O–H groups in total. The fourth-order valence-electron chi connectivity index (χ4n) is 3.82. The van der Waals surface area contributed by atoms with Crippen molar-refractivity contribution >= 4 is 17.5 Å². The zero-order valence-corrected chi connectivity index (χ0v) is 18.1. The zero-order valence-electron chi connectivity index (χ0n) is 17.3. The Hall–Kier alpha value is -2.28. The van der Waals surface area contributed by atoms with Crippen LogP contribution in [0.3, 0.4) is 0 Å². The zero-order chi connectivity index (χ0) is 20.9. The first kappa shape index (κ1) is 21.0. The standard InChI is InChI=1S/C23H28ClN3O3/c1-26-5-7-27(8-6-26)16-18-4-2-3-17(11-18)15-25-22(28)14-19-12-20(24)23-21(13-19)29-9-10-30-23/h2-4,11-13H,5-10,14-16H2,1H3,(H,25,28). The summed E-state index contributed by atoms with van der Waals surface area (Å²) in [5.74, 6) is 1.12. The van der Waals surface area contributed by atoms with Crippen LogP contribution in [0.5, 0.6) is 11.5 Å². The maximum Gasteiger partial charge on any atom is 0.224 e. The summed E-state index contributed by atoms with van der Waals surface area (Å²) >= 11 is 6.27. The molecule has 0 aromatic heterocycles. The topological polar surface area (TPSA) is 54.0 Å². The molecule has 4 rings (SSSR count). The van der Waals surface area contributed by atoms with E-state index in [4.69, 9.17) is 21.1 Å². The van der Waals surface area contributed by atoms with Crippen molar-refractivity contribution in [2.45, 2.75) is 19.5 Å². The summed E-state index contributed by atoms with van der Waals surface area (Å²) in [4.78, 5) is 17.3. The molecular formula is C23H28ClN3O3. The Morgan fingerprint density at radius 1 is 1.03 bits per heavy atom. The summed E-state index contributed by atoms with van der Waals surface area (Å²) in [6.45, 7) is 6.84. The summed E-state index contributed by atoms with van der Waals surface area (Å²) < 4.78 is 11.1. The average Bonchev–Trinajstić information content (AvgIpc) is 2.74. The van der Waals surface area contributed by atoms with Crippen LogP contribution in [0, 0.1) is 0 Å². The Bertz CT molecular complexity index is 897. The summed E-state index contributed by atoms with van der Waals surface area (Å²) in [6, 6.07) is 12.0. The molecule has 1 amide bonds. The van der Waals surface area contributed by atoms with Crippen molar-refractivity contribution in [1.82, 2.24) is 15.1 Å². The number of nitrogens with one attached hydrogen (secondary N) is 1. The number of piperazine rings is 1. The lowest BCUT2D eigenvalue weighted by Gasteiger charge is -2.32. The van der Waals surface area contributed by atoms with Crippen molar-refractivity contribution < 1.29 is 14.3 Å². The van der Waals surface area contributed by atoms with Crippen molar-refractivity contribution in [2.75, 3.05) is 46.4 Å². The highest BCUT2D eigenvalue weighted by Crippen LogP contribution is 2.38. The molecule has 0 aliphatic carbocycles. The number of carbonyl (C=O) groups is 1. The highest BCUT2D eigenvalue weighted by molar-refractivity contribution is 6.32. The molecule has 0 atom stereocenters. The number of halogens is 1. The first-order chi connectivity index (χ1) is 14.6. The number of hydrogen-bond acceptors (Lipinski definition) is 5. The average molecular weight is 430 g/mol. The summed E-state index contributed by atoms with van der Waals surface area (Å²) in [7, 11) is 2.17. The minimum absolute atomic E-state index is 0.0489. The lowest BCUT2D eigenvalue weighted by molar-refractivity contribution is -0.120. The predicted molar refractivity (Wildman–Crippen MR) is 117 cm³/mol. The predicted octanol–water partition coefficient (Wildman–Crippen LogP) is 2.72. The van der Waals surface area contributed by atoms with Crippen LogP contribution < -0.4 is 14.8 Å². The molecule has 0 radical (unpaired) electrons. The molecular weight excluding hydrogens is 402 g/mol. The number of nitrogens with zero attached hydrogens (tertiary/aromatic N) is 2. The van der Waals surface area contributed by atoms with Crippen molar-refractivity contribution in [3.63, 3.8) is 0 Å². The summed E-state index contributed by atoms with van der Waals surface area (Å²) in [5.41, 5.74) is 3.20. The fraction of sp³-hybridized carbons (Fsp3) is 0.435. The van der Waals surface area contributed by atoms with Crippen LogP contribution in [0.2, 0.25) is 5.02 Å². The highest BCUT2D eigenvalue weighted by atomic mass is 35.5. The third-order valence-electron chi connectivity index (χ3n) is 5.50. The highest BCUT2D eigenvalue weighted by Gasteiger charge is 2.18.